The molecule has 0 aromatic rings. The Morgan fingerprint density at radius 3 is 1.78 bits per heavy atom. The Labute approximate surface area is 172 Å². The van der Waals surface area contributed by atoms with Gasteiger partial charge in [-0.3, -0.25) is 0 Å². The number of hydrogen-bond donors (Lipinski definition) is 0. The zero-order valence-electron chi connectivity index (χ0n) is 19.5. The number of hydrogen-bond acceptors (Lipinski definition) is 0. The van der Waals surface area contributed by atoms with Crippen LogP contribution in [0, 0.1) is 35.5 Å². The molecular formula is C27H52. The zero-order valence-corrected chi connectivity index (χ0v) is 19.5. The van der Waals surface area contributed by atoms with E-state index in [4.69, 9.17) is 0 Å². The van der Waals surface area contributed by atoms with Gasteiger partial charge < -0.3 is 0 Å². The van der Waals surface area contributed by atoms with Crippen molar-refractivity contribution in [3.8, 4) is 0 Å². The molecule has 0 bridgehead atoms. The SMILES string of the molecule is CCCCCCC(C)C1CC1CCCCCCCCCC(C)C1CCC1C. The van der Waals surface area contributed by atoms with E-state index >= 15 is 0 Å². The van der Waals surface area contributed by atoms with E-state index in [-0.39, 0.29) is 0 Å². The molecule has 0 heteroatoms. The number of unbranched alkanes of at least 4 members (excludes halogenated alkanes) is 9. The van der Waals surface area contributed by atoms with Crippen LogP contribution in [0.2, 0.25) is 0 Å². The molecule has 2 aliphatic rings. The maximum atomic E-state index is 2.53. The van der Waals surface area contributed by atoms with Gasteiger partial charge in [0.2, 0.25) is 0 Å². The Morgan fingerprint density at radius 2 is 1.22 bits per heavy atom. The van der Waals surface area contributed by atoms with E-state index < -0.39 is 0 Å². The summed E-state index contributed by atoms with van der Waals surface area (Å²) in [7, 11) is 0. The second-order valence-electron chi connectivity index (χ2n) is 10.7. The monoisotopic (exact) mass is 376 g/mol. The molecule has 0 aromatic carbocycles. The fourth-order valence-electron chi connectivity index (χ4n) is 5.92. The third-order valence-corrected chi connectivity index (χ3v) is 8.37. The van der Waals surface area contributed by atoms with Crippen molar-refractivity contribution >= 4 is 0 Å². The van der Waals surface area contributed by atoms with Gasteiger partial charge >= 0.3 is 0 Å². The lowest BCUT2D eigenvalue weighted by atomic mass is 9.67. The molecule has 0 amide bonds. The summed E-state index contributed by atoms with van der Waals surface area (Å²) in [5.41, 5.74) is 0. The van der Waals surface area contributed by atoms with E-state index in [1.54, 1.807) is 12.8 Å². The summed E-state index contributed by atoms with van der Waals surface area (Å²) in [6.07, 6.45) is 25.4. The summed E-state index contributed by atoms with van der Waals surface area (Å²) in [5.74, 6) is 6.31. The molecule has 2 rings (SSSR count). The van der Waals surface area contributed by atoms with Crippen LogP contribution in [0.3, 0.4) is 0 Å². The highest BCUT2D eigenvalue weighted by Crippen LogP contribution is 2.48. The van der Waals surface area contributed by atoms with E-state index in [1.165, 1.54) is 96.3 Å². The molecule has 6 unspecified atom stereocenters. The number of rotatable bonds is 17. The topological polar surface area (TPSA) is 0 Å². The van der Waals surface area contributed by atoms with Crippen molar-refractivity contribution in [1.82, 2.24) is 0 Å². The third-order valence-electron chi connectivity index (χ3n) is 8.37. The highest BCUT2D eigenvalue weighted by Gasteiger charge is 2.39. The standard InChI is InChI=1S/C27H52/c1-5-6-7-13-17-23(3)27-21-25(27)18-15-12-10-8-9-11-14-16-22(2)26-20-19-24(26)4/h22-27H,5-21H2,1-4H3. The Morgan fingerprint density at radius 1 is 0.667 bits per heavy atom. The molecule has 160 valence electrons. The molecule has 0 N–H and O–H groups in total. The average Bonchev–Trinajstić information content (AvgIpc) is 3.42. The van der Waals surface area contributed by atoms with E-state index in [1.807, 2.05) is 0 Å². The van der Waals surface area contributed by atoms with Gasteiger partial charge in [0.1, 0.15) is 0 Å². The fourth-order valence-corrected chi connectivity index (χ4v) is 5.92. The molecule has 6 atom stereocenters. The first-order valence-electron chi connectivity index (χ1n) is 13.1. The van der Waals surface area contributed by atoms with Crippen molar-refractivity contribution in [3.05, 3.63) is 0 Å². The molecule has 27 heavy (non-hydrogen) atoms. The molecule has 0 aromatic heterocycles. The van der Waals surface area contributed by atoms with Crippen molar-refractivity contribution in [1.29, 1.82) is 0 Å². The van der Waals surface area contributed by atoms with Crippen LogP contribution in [0.25, 0.3) is 0 Å². The van der Waals surface area contributed by atoms with Gasteiger partial charge in [0.15, 0.2) is 0 Å². The summed E-state index contributed by atoms with van der Waals surface area (Å²) >= 11 is 0. The van der Waals surface area contributed by atoms with Crippen molar-refractivity contribution in [2.75, 3.05) is 0 Å². The highest BCUT2D eigenvalue weighted by molar-refractivity contribution is 4.89. The van der Waals surface area contributed by atoms with Crippen molar-refractivity contribution < 1.29 is 0 Å². The molecular weight excluding hydrogens is 324 g/mol. The van der Waals surface area contributed by atoms with Gasteiger partial charge in [-0.15, -0.1) is 0 Å². The lowest BCUT2D eigenvalue weighted by molar-refractivity contribution is 0.121. The minimum Gasteiger partial charge on any atom is -0.0654 e. The first-order chi connectivity index (χ1) is 13.1. The molecule has 2 saturated carbocycles. The van der Waals surface area contributed by atoms with E-state index in [0.717, 1.165) is 35.5 Å². The van der Waals surface area contributed by atoms with Crippen LogP contribution in [0.4, 0.5) is 0 Å². The third kappa shape index (κ3) is 8.91. The molecule has 2 aliphatic carbocycles. The Balaban J connectivity index is 1.32. The molecule has 0 aliphatic heterocycles. The summed E-state index contributed by atoms with van der Waals surface area (Å²) in [5, 5.41) is 0. The van der Waals surface area contributed by atoms with E-state index in [2.05, 4.69) is 27.7 Å². The second-order valence-corrected chi connectivity index (χ2v) is 10.7. The molecule has 0 heterocycles. The van der Waals surface area contributed by atoms with Gasteiger partial charge in [-0.25, -0.2) is 0 Å². The van der Waals surface area contributed by atoms with Crippen LogP contribution in [0.1, 0.15) is 137 Å². The summed E-state index contributed by atoms with van der Waals surface area (Å²) in [6.45, 7) is 9.82. The van der Waals surface area contributed by atoms with Crippen molar-refractivity contribution in [3.63, 3.8) is 0 Å². The van der Waals surface area contributed by atoms with Crippen LogP contribution in [-0.2, 0) is 0 Å². The van der Waals surface area contributed by atoms with E-state index in [0.29, 0.717) is 0 Å². The van der Waals surface area contributed by atoms with E-state index in [9.17, 15) is 0 Å². The molecule has 2 fully saturated rings. The van der Waals surface area contributed by atoms with Gasteiger partial charge in [-0.1, -0.05) is 124 Å². The van der Waals surface area contributed by atoms with Gasteiger partial charge in [0.25, 0.3) is 0 Å². The maximum absolute atomic E-state index is 2.53. The molecule has 0 saturated heterocycles. The lowest BCUT2D eigenvalue weighted by Crippen LogP contribution is -2.28. The average molecular weight is 377 g/mol. The van der Waals surface area contributed by atoms with Crippen LogP contribution in [-0.4, -0.2) is 0 Å². The molecule has 0 nitrogen and oxygen atoms in total. The maximum Gasteiger partial charge on any atom is -0.0357 e. The minimum absolute atomic E-state index is 0.995. The Kier molecular flexibility index (Phi) is 11.4. The first-order valence-corrected chi connectivity index (χ1v) is 13.1. The van der Waals surface area contributed by atoms with Crippen molar-refractivity contribution in [2.45, 2.75) is 137 Å². The highest BCUT2D eigenvalue weighted by atomic mass is 14.4. The molecule has 0 radical (unpaired) electrons. The van der Waals surface area contributed by atoms with Crippen LogP contribution in [0.15, 0.2) is 0 Å². The predicted octanol–water partition coefficient (Wildman–Crippen LogP) is 9.42. The van der Waals surface area contributed by atoms with Gasteiger partial charge in [0.05, 0.1) is 0 Å². The summed E-state index contributed by atoms with van der Waals surface area (Å²) < 4.78 is 0. The quantitative estimate of drug-likeness (QED) is 0.222. The zero-order chi connectivity index (χ0) is 19.5. The summed E-state index contributed by atoms with van der Waals surface area (Å²) in [6, 6.07) is 0. The second kappa shape index (κ2) is 13.3. The van der Waals surface area contributed by atoms with Gasteiger partial charge in [-0.05, 0) is 48.3 Å². The van der Waals surface area contributed by atoms with Crippen LogP contribution in [0.5, 0.6) is 0 Å². The fraction of sp³-hybridized carbons (Fsp3) is 1.00. The largest absolute Gasteiger partial charge is 0.0654 e. The smallest absolute Gasteiger partial charge is 0.0357 e. The normalized spacial score (nSPS) is 29.3. The lowest BCUT2D eigenvalue weighted by Gasteiger charge is -2.38. The van der Waals surface area contributed by atoms with Crippen molar-refractivity contribution in [2.24, 2.45) is 35.5 Å². The van der Waals surface area contributed by atoms with Gasteiger partial charge in [0, 0.05) is 0 Å². The summed E-state index contributed by atoms with van der Waals surface area (Å²) in [4.78, 5) is 0. The Hall–Kier alpha value is 0. The minimum atomic E-state index is 0.995. The van der Waals surface area contributed by atoms with Crippen LogP contribution >= 0.6 is 0 Å². The predicted molar refractivity (Wildman–Crippen MR) is 122 cm³/mol. The first kappa shape index (κ1) is 23.3. The van der Waals surface area contributed by atoms with Crippen LogP contribution < -0.4 is 0 Å². The molecule has 0 spiro atoms. The Bertz CT molecular complexity index is 359. The van der Waals surface area contributed by atoms with Gasteiger partial charge in [-0.2, -0.15) is 0 Å².